The summed E-state index contributed by atoms with van der Waals surface area (Å²) in [6, 6.07) is 14.7. The molecule has 3 heterocycles. The second kappa shape index (κ2) is 6.99. The number of aromatic nitrogens is 6. The molecule has 2 aromatic heterocycles. The van der Waals surface area contributed by atoms with Crippen LogP contribution < -0.4 is 20.3 Å². The molecule has 0 radical (unpaired) electrons. The number of methoxy groups -OCH3 is 2. The molecule has 1 unspecified atom stereocenters. The molecule has 0 aliphatic carbocycles. The Bertz CT molecular complexity index is 1280. The van der Waals surface area contributed by atoms with Gasteiger partial charge in [0.25, 0.3) is 5.56 Å². The van der Waals surface area contributed by atoms with Crippen LogP contribution in [0.15, 0.2) is 53.3 Å². The number of fused-ring (bicyclic) bond motifs is 2. The van der Waals surface area contributed by atoms with E-state index >= 15 is 0 Å². The molecule has 2 aromatic carbocycles. The maximum atomic E-state index is 12.7. The zero-order valence-corrected chi connectivity index (χ0v) is 16.2. The Morgan fingerprint density at radius 3 is 2.60 bits per heavy atom. The van der Waals surface area contributed by atoms with Crippen molar-refractivity contribution in [3.8, 4) is 22.8 Å². The van der Waals surface area contributed by atoms with Crippen molar-refractivity contribution in [1.82, 2.24) is 30.4 Å². The summed E-state index contributed by atoms with van der Waals surface area (Å²) in [5.41, 5.74) is 2.91. The first-order chi connectivity index (χ1) is 14.7. The topological polar surface area (TPSA) is 120 Å². The Balaban J connectivity index is 1.79. The van der Waals surface area contributed by atoms with Gasteiger partial charge in [-0.25, -0.2) is 5.10 Å². The monoisotopic (exact) mass is 403 g/mol. The lowest BCUT2D eigenvalue weighted by atomic mass is 9.92. The zero-order valence-electron chi connectivity index (χ0n) is 16.2. The average molecular weight is 403 g/mol. The largest absolute Gasteiger partial charge is 0.493 e. The van der Waals surface area contributed by atoms with Gasteiger partial charge in [0, 0.05) is 11.1 Å². The molecule has 4 aromatic rings. The van der Waals surface area contributed by atoms with Gasteiger partial charge in [-0.15, -0.1) is 0 Å². The predicted octanol–water partition coefficient (Wildman–Crippen LogP) is 2.14. The van der Waals surface area contributed by atoms with E-state index in [1.807, 2.05) is 42.5 Å². The molecule has 0 fully saturated rings. The number of H-pyrrole nitrogens is 1. The molecule has 10 heteroatoms. The third-order valence-corrected chi connectivity index (χ3v) is 5.04. The van der Waals surface area contributed by atoms with Gasteiger partial charge < -0.3 is 14.8 Å². The standard InChI is InChI=1S/C20H17N7O3/c1-29-13-9-8-12(10-14(13)30-2)16-15-17(19(28)23-22-16)21-20-24-25-26-27(20)18(15)11-6-4-3-5-7-11/h3-10,18H,1-2H3,(H,23,28)(H,21,24,26). The third kappa shape index (κ3) is 2.69. The number of aromatic amines is 1. The van der Waals surface area contributed by atoms with Crippen LogP contribution in [-0.2, 0) is 0 Å². The second-order valence-corrected chi connectivity index (χ2v) is 6.65. The van der Waals surface area contributed by atoms with Crippen LogP contribution in [0.5, 0.6) is 11.5 Å². The van der Waals surface area contributed by atoms with Crippen LogP contribution >= 0.6 is 0 Å². The molecule has 5 rings (SSSR count). The van der Waals surface area contributed by atoms with E-state index in [2.05, 4.69) is 31.0 Å². The van der Waals surface area contributed by atoms with Crippen molar-refractivity contribution in [3.05, 3.63) is 70.0 Å². The maximum Gasteiger partial charge on any atom is 0.288 e. The van der Waals surface area contributed by atoms with Gasteiger partial charge in [0.1, 0.15) is 11.7 Å². The summed E-state index contributed by atoms with van der Waals surface area (Å²) in [7, 11) is 3.14. The van der Waals surface area contributed by atoms with Crippen molar-refractivity contribution in [2.24, 2.45) is 0 Å². The van der Waals surface area contributed by atoms with Gasteiger partial charge >= 0.3 is 0 Å². The molecule has 10 nitrogen and oxygen atoms in total. The fraction of sp³-hybridized carbons (Fsp3) is 0.150. The Morgan fingerprint density at radius 1 is 1.03 bits per heavy atom. The molecule has 0 bridgehead atoms. The number of hydrogen-bond acceptors (Lipinski definition) is 8. The highest BCUT2D eigenvalue weighted by molar-refractivity contribution is 5.76. The summed E-state index contributed by atoms with van der Waals surface area (Å²) < 4.78 is 12.4. The number of benzene rings is 2. The van der Waals surface area contributed by atoms with Gasteiger partial charge in [0.15, 0.2) is 11.5 Å². The summed E-state index contributed by atoms with van der Waals surface area (Å²) in [5.74, 6) is 1.53. The minimum atomic E-state index is -0.439. The summed E-state index contributed by atoms with van der Waals surface area (Å²) in [6.45, 7) is 0. The Hall–Kier alpha value is -4.21. The Kier molecular flexibility index (Phi) is 4.16. The average Bonchev–Trinajstić information content (AvgIpc) is 3.26. The molecule has 0 saturated heterocycles. The normalized spacial score (nSPS) is 14.4. The van der Waals surface area contributed by atoms with E-state index in [1.54, 1.807) is 25.0 Å². The lowest BCUT2D eigenvalue weighted by molar-refractivity contribution is 0.355. The number of hydrogen-bond donors (Lipinski definition) is 2. The van der Waals surface area contributed by atoms with Crippen LogP contribution in [0.2, 0.25) is 0 Å². The summed E-state index contributed by atoms with van der Waals surface area (Å²) >= 11 is 0. The third-order valence-electron chi connectivity index (χ3n) is 5.04. The zero-order chi connectivity index (χ0) is 20.7. The number of tetrazole rings is 1. The highest BCUT2D eigenvalue weighted by Crippen LogP contribution is 2.42. The lowest BCUT2D eigenvalue weighted by Gasteiger charge is -2.27. The molecule has 150 valence electrons. The Labute approximate surface area is 170 Å². The summed E-state index contributed by atoms with van der Waals surface area (Å²) in [4.78, 5) is 12.7. The van der Waals surface area contributed by atoms with E-state index in [1.165, 1.54) is 0 Å². The highest BCUT2D eigenvalue weighted by Gasteiger charge is 2.34. The fourth-order valence-electron chi connectivity index (χ4n) is 3.68. The van der Waals surface area contributed by atoms with Crippen LogP contribution in [0.3, 0.4) is 0 Å². The first kappa shape index (κ1) is 17.9. The smallest absolute Gasteiger partial charge is 0.288 e. The number of anilines is 2. The van der Waals surface area contributed by atoms with E-state index in [4.69, 9.17) is 9.47 Å². The number of nitrogens with one attached hydrogen (secondary N) is 2. The molecule has 0 saturated carbocycles. The minimum absolute atomic E-state index is 0.353. The minimum Gasteiger partial charge on any atom is -0.493 e. The van der Waals surface area contributed by atoms with Crippen LogP contribution in [0, 0.1) is 0 Å². The van der Waals surface area contributed by atoms with Gasteiger partial charge in [-0.1, -0.05) is 35.4 Å². The number of nitrogens with zero attached hydrogens (tertiary/aromatic N) is 5. The molecular weight excluding hydrogens is 386 g/mol. The van der Waals surface area contributed by atoms with Crippen LogP contribution in [0.1, 0.15) is 17.2 Å². The molecule has 1 atom stereocenters. The van der Waals surface area contributed by atoms with Crippen LogP contribution in [0.4, 0.5) is 11.6 Å². The second-order valence-electron chi connectivity index (χ2n) is 6.65. The summed E-state index contributed by atoms with van der Waals surface area (Å²) in [5, 5.41) is 21.9. The molecule has 1 aliphatic heterocycles. The quantitative estimate of drug-likeness (QED) is 0.468. The SMILES string of the molecule is COc1ccc(-c2n[nH]c(=O)c3c2C(c2ccccc2)n2nnnc2N3)cc1OC. The highest BCUT2D eigenvalue weighted by atomic mass is 16.5. The van der Waals surface area contributed by atoms with E-state index in [0.29, 0.717) is 34.4 Å². The van der Waals surface area contributed by atoms with Gasteiger partial charge in [-0.05, 0) is 34.2 Å². The van der Waals surface area contributed by atoms with E-state index < -0.39 is 6.04 Å². The van der Waals surface area contributed by atoms with Crippen molar-refractivity contribution in [2.45, 2.75) is 6.04 Å². The maximum absolute atomic E-state index is 12.7. The van der Waals surface area contributed by atoms with Gasteiger partial charge in [0.05, 0.1) is 19.9 Å². The molecule has 0 spiro atoms. The van der Waals surface area contributed by atoms with E-state index in [-0.39, 0.29) is 5.56 Å². The van der Waals surface area contributed by atoms with Crippen molar-refractivity contribution in [1.29, 1.82) is 0 Å². The predicted molar refractivity (Wildman–Crippen MR) is 108 cm³/mol. The van der Waals surface area contributed by atoms with Gasteiger partial charge in [0.2, 0.25) is 5.95 Å². The van der Waals surface area contributed by atoms with Crippen molar-refractivity contribution < 1.29 is 9.47 Å². The molecular formula is C20H17N7O3. The fourth-order valence-corrected chi connectivity index (χ4v) is 3.68. The Morgan fingerprint density at radius 2 is 1.83 bits per heavy atom. The number of ether oxygens (including phenoxy) is 2. The molecule has 1 aliphatic rings. The van der Waals surface area contributed by atoms with E-state index in [0.717, 1.165) is 11.1 Å². The van der Waals surface area contributed by atoms with Gasteiger partial charge in [-0.2, -0.15) is 9.78 Å². The van der Waals surface area contributed by atoms with Crippen LogP contribution in [0.25, 0.3) is 11.3 Å². The number of rotatable bonds is 4. The summed E-state index contributed by atoms with van der Waals surface area (Å²) in [6.07, 6.45) is 0. The first-order valence-corrected chi connectivity index (χ1v) is 9.16. The molecule has 30 heavy (non-hydrogen) atoms. The van der Waals surface area contributed by atoms with Gasteiger partial charge in [-0.3, -0.25) is 4.79 Å². The molecule has 0 amide bonds. The van der Waals surface area contributed by atoms with E-state index in [9.17, 15) is 4.79 Å². The van der Waals surface area contributed by atoms with Crippen molar-refractivity contribution in [2.75, 3.05) is 19.5 Å². The van der Waals surface area contributed by atoms with Crippen molar-refractivity contribution in [3.63, 3.8) is 0 Å². The molecule has 2 N–H and O–H groups in total. The lowest BCUT2D eigenvalue weighted by Crippen LogP contribution is -2.29. The first-order valence-electron chi connectivity index (χ1n) is 9.16. The van der Waals surface area contributed by atoms with Crippen LogP contribution in [-0.4, -0.2) is 44.6 Å². The van der Waals surface area contributed by atoms with Crippen molar-refractivity contribution >= 4 is 11.6 Å².